The molecule has 12 atom stereocenters. The monoisotopic (exact) mass is 940 g/mol. The predicted molar refractivity (Wildman–Crippen MR) is 258 cm³/mol. The number of nitrogens with zero attached hydrogens (tertiary/aromatic N) is 2. The van der Waals surface area contributed by atoms with Crippen LogP contribution in [-0.4, -0.2) is 106 Å². The summed E-state index contributed by atoms with van der Waals surface area (Å²) in [5, 5.41) is 35.4. The van der Waals surface area contributed by atoms with E-state index < -0.39 is 47.0 Å². The van der Waals surface area contributed by atoms with E-state index in [2.05, 4.69) is 21.3 Å². The molecule has 5 aromatic carbocycles. The predicted octanol–water partition coefficient (Wildman–Crippen LogP) is 5.16. The highest BCUT2D eigenvalue weighted by molar-refractivity contribution is 6.04. The van der Waals surface area contributed by atoms with Gasteiger partial charge in [0.2, 0.25) is 23.6 Å². The number of phenolic OH excluding ortho intramolecular Hbond substituents is 2. The minimum atomic E-state index is -0.884. The molecule has 2 aliphatic heterocycles. The molecule has 6 fully saturated rings. The van der Waals surface area contributed by atoms with Crippen LogP contribution in [0.15, 0.2) is 133 Å². The van der Waals surface area contributed by atoms with Crippen molar-refractivity contribution in [2.75, 3.05) is 26.2 Å². The molecule has 0 radical (unpaired) electrons. The third kappa shape index (κ3) is 9.22. The Morgan fingerprint density at radius 3 is 0.829 bits per heavy atom. The third-order valence-electron chi connectivity index (χ3n) is 15.5. The van der Waals surface area contributed by atoms with Crippen molar-refractivity contribution in [3.63, 3.8) is 0 Å². The van der Waals surface area contributed by atoms with Crippen LogP contribution < -0.4 is 21.3 Å². The summed E-state index contributed by atoms with van der Waals surface area (Å²) in [6.45, 7) is -0.446. The first-order valence-electron chi connectivity index (χ1n) is 24.5. The van der Waals surface area contributed by atoms with Crippen molar-refractivity contribution in [2.45, 2.75) is 73.5 Å². The van der Waals surface area contributed by atoms with Gasteiger partial charge in [0.1, 0.15) is 11.5 Å². The van der Waals surface area contributed by atoms with E-state index in [1.54, 1.807) is 0 Å². The van der Waals surface area contributed by atoms with Crippen molar-refractivity contribution in [3.8, 4) is 11.5 Å². The Hall–Kier alpha value is -7.48. The van der Waals surface area contributed by atoms with E-state index in [4.69, 9.17) is 0 Å². The molecular weight excluding hydrogens is 885 g/mol. The molecule has 14 heteroatoms. The molecule has 6 aliphatic rings. The number of carbonyl (C=O) groups excluding carboxylic acids is 6. The highest BCUT2D eigenvalue weighted by Gasteiger charge is 2.51. The normalized spacial score (nSPS) is 29.1. The van der Waals surface area contributed by atoms with Crippen LogP contribution in [0.4, 0.5) is 0 Å². The SMILES string of the molecule is O=C(N[C@H]1C[C@@H]1c1ccccc1)[C@@H]1CN(C(=O)c2cc(O)c(C(=O)N3C[C@@H](C(=O)N[C@H]4C[C@@H]4c4ccccc4)[C@H](C(=O)N[C@H]4C[C@@H]4c4ccccc4)C3)cc2O)C[C@H]1C(=O)N[C@H]1C[C@@H]1c1ccccc1. The Morgan fingerprint density at radius 2 is 0.600 bits per heavy atom. The van der Waals surface area contributed by atoms with Crippen LogP contribution in [0.1, 0.15) is 92.3 Å². The maximum absolute atomic E-state index is 14.3. The Kier molecular flexibility index (Phi) is 11.9. The standard InChI is InChI=1S/C56H56N6O8/c63-49-26-40(56(70)62-29-43(53(67)59-47-23-37(47)33-17-9-3-10-18-33)44(30-62)54(68)60-48-24-38(48)34-19-11-4-12-20-34)50(64)25-39(49)55(69)61-27-41(51(65)57-45-21-35(45)31-13-5-1-6-14-31)42(28-61)52(66)58-46-22-36(46)32-15-7-2-8-16-32/h1-20,25-26,35-38,41-48,63-64H,21-24,27-30H2,(H,57,65)(H,58,66)(H,59,67)(H,60,68)/t35-,36-,37-,38-,41-,42-,43-,44-,45+,46+,47+,48+/m1/s1. The van der Waals surface area contributed by atoms with Gasteiger partial charge in [-0.1, -0.05) is 121 Å². The number of carbonyl (C=O) groups is 6. The average Bonchev–Trinajstić information content (AvgIpc) is 4.32. The van der Waals surface area contributed by atoms with E-state index in [1.807, 2.05) is 121 Å². The highest BCUT2D eigenvalue weighted by Crippen LogP contribution is 2.45. The zero-order valence-corrected chi connectivity index (χ0v) is 38.5. The van der Waals surface area contributed by atoms with Gasteiger partial charge in [-0.25, -0.2) is 0 Å². The van der Waals surface area contributed by atoms with Gasteiger partial charge in [0.15, 0.2) is 0 Å². The van der Waals surface area contributed by atoms with Crippen molar-refractivity contribution < 1.29 is 39.0 Å². The third-order valence-corrected chi connectivity index (χ3v) is 15.5. The summed E-state index contributed by atoms with van der Waals surface area (Å²) in [6, 6.07) is 41.1. The second-order valence-corrected chi connectivity index (χ2v) is 20.2. The van der Waals surface area contributed by atoms with E-state index in [-0.39, 0.29) is 109 Å². The summed E-state index contributed by atoms with van der Waals surface area (Å²) >= 11 is 0. The zero-order chi connectivity index (χ0) is 48.2. The lowest BCUT2D eigenvalue weighted by atomic mass is 9.94. The Bertz CT molecular complexity index is 2490. The lowest BCUT2D eigenvalue weighted by molar-refractivity contribution is -0.133. The van der Waals surface area contributed by atoms with E-state index >= 15 is 0 Å². The molecule has 0 unspecified atom stereocenters. The van der Waals surface area contributed by atoms with Gasteiger partial charge in [0.05, 0.1) is 34.8 Å². The molecule has 0 aromatic heterocycles. The van der Waals surface area contributed by atoms with Gasteiger partial charge in [-0.2, -0.15) is 0 Å². The molecule has 4 aliphatic carbocycles. The summed E-state index contributed by atoms with van der Waals surface area (Å²) in [7, 11) is 0. The van der Waals surface area contributed by atoms with Gasteiger partial charge in [-0.05, 0) is 60.1 Å². The molecular formula is C56H56N6O8. The molecule has 11 rings (SSSR count). The van der Waals surface area contributed by atoms with Gasteiger partial charge in [0, 0.05) is 74.0 Å². The van der Waals surface area contributed by atoms with Gasteiger partial charge < -0.3 is 41.3 Å². The summed E-state index contributed by atoms with van der Waals surface area (Å²) in [4.78, 5) is 87.4. The van der Waals surface area contributed by atoms with E-state index in [0.29, 0.717) is 0 Å². The summed E-state index contributed by atoms with van der Waals surface area (Å²) in [5.74, 6) is -6.93. The van der Waals surface area contributed by atoms with Crippen LogP contribution >= 0.6 is 0 Å². The lowest BCUT2D eigenvalue weighted by Crippen LogP contribution is -2.43. The van der Waals surface area contributed by atoms with Crippen molar-refractivity contribution in [3.05, 3.63) is 167 Å². The van der Waals surface area contributed by atoms with Gasteiger partial charge in [0.25, 0.3) is 11.8 Å². The van der Waals surface area contributed by atoms with Crippen molar-refractivity contribution in [1.29, 1.82) is 0 Å². The van der Waals surface area contributed by atoms with Crippen LogP contribution in [0.5, 0.6) is 11.5 Å². The minimum absolute atomic E-state index is 0.111. The average molecular weight is 941 g/mol. The second-order valence-electron chi connectivity index (χ2n) is 20.2. The summed E-state index contributed by atoms with van der Waals surface area (Å²) in [6.07, 6.45) is 3.02. The summed E-state index contributed by atoms with van der Waals surface area (Å²) in [5.41, 5.74) is 3.83. The number of phenols is 2. The quantitative estimate of drug-likeness (QED) is 0.0821. The van der Waals surface area contributed by atoms with Crippen LogP contribution in [0, 0.1) is 23.7 Å². The second kappa shape index (κ2) is 18.4. The molecule has 14 nitrogen and oxygen atoms in total. The maximum Gasteiger partial charge on any atom is 0.257 e. The van der Waals surface area contributed by atoms with Crippen LogP contribution in [0.25, 0.3) is 0 Å². The number of aromatic hydroxyl groups is 2. The fourth-order valence-corrected chi connectivity index (χ4v) is 11.1. The molecule has 70 heavy (non-hydrogen) atoms. The largest absolute Gasteiger partial charge is 0.507 e. The summed E-state index contributed by atoms with van der Waals surface area (Å²) < 4.78 is 0. The van der Waals surface area contributed by atoms with Gasteiger partial charge in [-0.3, -0.25) is 28.8 Å². The van der Waals surface area contributed by atoms with Crippen LogP contribution in [0.2, 0.25) is 0 Å². The Morgan fingerprint density at radius 1 is 0.371 bits per heavy atom. The molecule has 0 spiro atoms. The Labute approximate surface area is 405 Å². The van der Waals surface area contributed by atoms with Crippen molar-refractivity contribution in [1.82, 2.24) is 31.1 Å². The number of hydrogen-bond acceptors (Lipinski definition) is 8. The maximum atomic E-state index is 14.3. The fraction of sp³-hybridized carbons (Fsp3) is 0.357. The number of benzene rings is 5. The molecule has 5 aromatic rings. The molecule has 2 saturated heterocycles. The lowest BCUT2D eigenvalue weighted by Gasteiger charge is -2.20. The molecule has 4 saturated carbocycles. The zero-order valence-electron chi connectivity index (χ0n) is 38.5. The molecule has 6 amide bonds. The van der Waals surface area contributed by atoms with E-state index in [9.17, 15) is 39.0 Å². The molecule has 2 heterocycles. The Balaban J connectivity index is 0.784. The van der Waals surface area contributed by atoms with Crippen LogP contribution in [-0.2, 0) is 19.2 Å². The van der Waals surface area contributed by atoms with Crippen LogP contribution in [0.3, 0.4) is 0 Å². The van der Waals surface area contributed by atoms with Crippen molar-refractivity contribution >= 4 is 35.4 Å². The minimum Gasteiger partial charge on any atom is -0.507 e. The molecule has 358 valence electrons. The fourth-order valence-electron chi connectivity index (χ4n) is 11.1. The molecule has 0 bridgehead atoms. The van der Waals surface area contributed by atoms with E-state index in [0.717, 1.165) is 60.1 Å². The number of rotatable bonds is 14. The van der Waals surface area contributed by atoms with Gasteiger partial charge in [-0.15, -0.1) is 0 Å². The number of hydrogen-bond donors (Lipinski definition) is 6. The topological polar surface area (TPSA) is 197 Å². The van der Waals surface area contributed by atoms with Crippen molar-refractivity contribution in [2.24, 2.45) is 23.7 Å². The first-order valence-corrected chi connectivity index (χ1v) is 24.5. The number of nitrogens with one attached hydrogen (secondary N) is 4. The van der Waals surface area contributed by atoms with Gasteiger partial charge >= 0.3 is 0 Å². The first-order chi connectivity index (χ1) is 34.0. The highest BCUT2D eigenvalue weighted by atomic mass is 16.3. The molecule has 6 N–H and O–H groups in total. The smallest absolute Gasteiger partial charge is 0.257 e. The first kappa shape index (κ1) is 45.0. The number of amides is 6. The number of likely N-dealkylation sites (tertiary alicyclic amines) is 2. The van der Waals surface area contributed by atoms with E-state index in [1.165, 1.54) is 9.80 Å².